The normalized spacial score (nSPS) is 28.9. The van der Waals surface area contributed by atoms with Gasteiger partial charge in [-0.2, -0.15) is 0 Å². The van der Waals surface area contributed by atoms with Gasteiger partial charge in [-0.1, -0.05) is 0 Å². The number of amides is 1. The molecule has 1 fully saturated rings. The minimum atomic E-state index is -0.673. The monoisotopic (exact) mass is 328 g/mol. The van der Waals surface area contributed by atoms with E-state index < -0.39 is 5.54 Å². The Labute approximate surface area is 119 Å². The molecule has 0 saturated carbocycles. The number of ether oxygens (including phenoxy) is 1. The highest BCUT2D eigenvalue weighted by Gasteiger charge is 2.51. The van der Waals surface area contributed by atoms with Crippen LogP contribution in [0.15, 0.2) is 16.6 Å². The number of halogens is 2. The molecule has 19 heavy (non-hydrogen) atoms. The van der Waals surface area contributed by atoms with Crippen LogP contribution in [-0.4, -0.2) is 31.2 Å². The van der Waals surface area contributed by atoms with Crippen LogP contribution in [0.2, 0.25) is 0 Å². The number of carbonyl (C=O) groups excluding carboxylic acids is 1. The standard InChI is InChI=1S/C13H14BrFN2O2/c1-13-5-7(19-2)6-17(13)11-4-9(15)8(14)3-10(11)16-12(13)18/h3-4,7H,5-6H2,1-2H3,(H,16,18). The van der Waals surface area contributed by atoms with Gasteiger partial charge in [0.1, 0.15) is 11.4 Å². The van der Waals surface area contributed by atoms with Crippen LogP contribution in [0.5, 0.6) is 0 Å². The lowest BCUT2D eigenvalue weighted by molar-refractivity contribution is -0.121. The Hall–Kier alpha value is -1.14. The summed E-state index contributed by atoms with van der Waals surface area (Å²) < 4.78 is 19.5. The average molecular weight is 329 g/mol. The molecule has 4 nitrogen and oxygen atoms in total. The predicted octanol–water partition coefficient (Wildman–Crippen LogP) is 2.52. The number of hydrogen-bond acceptors (Lipinski definition) is 3. The Morgan fingerprint density at radius 3 is 3.00 bits per heavy atom. The van der Waals surface area contributed by atoms with Crippen LogP contribution < -0.4 is 10.2 Å². The van der Waals surface area contributed by atoms with Crippen LogP contribution in [0.4, 0.5) is 15.8 Å². The number of fused-ring (bicyclic) bond motifs is 3. The average Bonchev–Trinajstić information content (AvgIpc) is 2.72. The van der Waals surface area contributed by atoms with Gasteiger partial charge in [0.05, 0.1) is 22.0 Å². The number of hydrogen-bond donors (Lipinski definition) is 1. The predicted molar refractivity (Wildman–Crippen MR) is 73.9 cm³/mol. The summed E-state index contributed by atoms with van der Waals surface area (Å²) in [6, 6.07) is 3.05. The van der Waals surface area contributed by atoms with E-state index in [1.807, 2.05) is 11.8 Å². The molecule has 2 heterocycles. The van der Waals surface area contributed by atoms with Crippen molar-refractivity contribution in [2.45, 2.75) is 25.0 Å². The van der Waals surface area contributed by atoms with Crippen molar-refractivity contribution >= 4 is 33.2 Å². The van der Waals surface area contributed by atoms with Crippen molar-refractivity contribution in [3.8, 4) is 0 Å². The Kier molecular flexibility index (Phi) is 2.83. The largest absolute Gasteiger partial charge is 0.380 e. The zero-order chi connectivity index (χ0) is 13.8. The minimum Gasteiger partial charge on any atom is -0.380 e. The minimum absolute atomic E-state index is 0.0200. The molecule has 0 aliphatic carbocycles. The Morgan fingerprint density at radius 2 is 2.32 bits per heavy atom. The van der Waals surface area contributed by atoms with E-state index in [-0.39, 0.29) is 17.8 Å². The second kappa shape index (κ2) is 4.18. The summed E-state index contributed by atoms with van der Waals surface area (Å²) in [6.45, 7) is 2.46. The fourth-order valence-corrected chi connectivity index (χ4v) is 3.22. The smallest absolute Gasteiger partial charge is 0.250 e. The molecule has 1 aromatic carbocycles. The molecular weight excluding hydrogens is 315 g/mol. The molecule has 1 aromatic rings. The number of nitrogens with zero attached hydrogens (tertiary/aromatic N) is 1. The number of benzene rings is 1. The molecule has 0 bridgehead atoms. The summed E-state index contributed by atoms with van der Waals surface area (Å²) in [5, 5.41) is 2.85. The third-order valence-electron chi connectivity index (χ3n) is 4.01. The van der Waals surface area contributed by atoms with Gasteiger partial charge >= 0.3 is 0 Å². The second-order valence-electron chi connectivity index (χ2n) is 5.18. The van der Waals surface area contributed by atoms with Crippen molar-refractivity contribution in [1.29, 1.82) is 0 Å². The molecule has 102 valence electrons. The van der Waals surface area contributed by atoms with Gasteiger partial charge in [-0.15, -0.1) is 0 Å². The quantitative estimate of drug-likeness (QED) is 0.861. The molecule has 0 radical (unpaired) electrons. The van der Waals surface area contributed by atoms with E-state index >= 15 is 0 Å². The van der Waals surface area contributed by atoms with Crippen LogP contribution in [0, 0.1) is 5.82 Å². The first kappa shape index (κ1) is 12.9. The van der Waals surface area contributed by atoms with Crippen LogP contribution in [0.3, 0.4) is 0 Å². The third-order valence-corrected chi connectivity index (χ3v) is 4.61. The van der Waals surface area contributed by atoms with E-state index in [1.165, 1.54) is 6.07 Å². The highest BCUT2D eigenvalue weighted by Crippen LogP contribution is 2.44. The van der Waals surface area contributed by atoms with Crippen molar-refractivity contribution in [1.82, 2.24) is 0 Å². The van der Waals surface area contributed by atoms with E-state index in [0.29, 0.717) is 28.8 Å². The van der Waals surface area contributed by atoms with Gasteiger partial charge in [-0.25, -0.2) is 4.39 Å². The molecular formula is C13H14BrFN2O2. The lowest BCUT2D eigenvalue weighted by Crippen LogP contribution is -2.54. The van der Waals surface area contributed by atoms with Crippen LogP contribution in [-0.2, 0) is 9.53 Å². The fraction of sp³-hybridized carbons (Fsp3) is 0.462. The number of rotatable bonds is 1. The zero-order valence-electron chi connectivity index (χ0n) is 10.7. The first-order chi connectivity index (χ1) is 8.95. The summed E-state index contributed by atoms with van der Waals surface area (Å²) >= 11 is 3.14. The molecule has 1 saturated heterocycles. The number of methoxy groups -OCH3 is 1. The maximum atomic E-state index is 13.7. The summed E-state index contributed by atoms with van der Waals surface area (Å²) in [5.41, 5.74) is 0.670. The topological polar surface area (TPSA) is 41.6 Å². The van der Waals surface area contributed by atoms with Gasteiger partial charge in [-0.3, -0.25) is 4.79 Å². The van der Waals surface area contributed by atoms with Gasteiger partial charge in [0.2, 0.25) is 5.91 Å². The van der Waals surface area contributed by atoms with Crippen molar-refractivity contribution < 1.29 is 13.9 Å². The van der Waals surface area contributed by atoms with Gasteiger partial charge in [-0.05, 0) is 28.9 Å². The fourth-order valence-electron chi connectivity index (χ4n) is 2.88. The second-order valence-corrected chi connectivity index (χ2v) is 6.04. The lowest BCUT2D eigenvalue weighted by Gasteiger charge is -2.40. The van der Waals surface area contributed by atoms with E-state index in [0.717, 1.165) is 0 Å². The molecule has 2 atom stereocenters. The molecule has 1 N–H and O–H groups in total. The number of anilines is 2. The zero-order valence-corrected chi connectivity index (χ0v) is 12.3. The number of carbonyl (C=O) groups is 1. The van der Waals surface area contributed by atoms with Crippen LogP contribution in [0.25, 0.3) is 0 Å². The van der Waals surface area contributed by atoms with E-state index in [1.54, 1.807) is 13.2 Å². The first-order valence-electron chi connectivity index (χ1n) is 6.06. The summed E-state index contributed by atoms with van der Waals surface area (Å²) in [4.78, 5) is 14.2. The van der Waals surface area contributed by atoms with Gasteiger partial charge in [0, 0.05) is 26.1 Å². The highest BCUT2D eigenvalue weighted by molar-refractivity contribution is 9.10. The van der Waals surface area contributed by atoms with Crippen molar-refractivity contribution in [2.75, 3.05) is 23.9 Å². The van der Waals surface area contributed by atoms with Crippen molar-refractivity contribution in [3.05, 3.63) is 22.4 Å². The van der Waals surface area contributed by atoms with Crippen molar-refractivity contribution in [3.63, 3.8) is 0 Å². The molecule has 0 aromatic heterocycles. The van der Waals surface area contributed by atoms with E-state index in [2.05, 4.69) is 21.2 Å². The Balaban J connectivity index is 2.12. The summed E-state index contributed by atoms with van der Waals surface area (Å²) in [7, 11) is 1.63. The molecule has 0 spiro atoms. The summed E-state index contributed by atoms with van der Waals surface area (Å²) in [6.07, 6.45) is 0.584. The molecule has 2 aliphatic rings. The molecule has 3 rings (SSSR count). The van der Waals surface area contributed by atoms with E-state index in [9.17, 15) is 9.18 Å². The third kappa shape index (κ3) is 1.77. The number of nitrogens with one attached hydrogen (secondary N) is 1. The van der Waals surface area contributed by atoms with E-state index in [4.69, 9.17) is 4.74 Å². The highest BCUT2D eigenvalue weighted by atomic mass is 79.9. The Morgan fingerprint density at radius 1 is 1.58 bits per heavy atom. The first-order valence-corrected chi connectivity index (χ1v) is 6.86. The SMILES string of the molecule is COC1CN2c3cc(F)c(Br)cc3NC(=O)C2(C)C1. The molecule has 6 heteroatoms. The van der Waals surface area contributed by atoms with Crippen LogP contribution >= 0.6 is 15.9 Å². The van der Waals surface area contributed by atoms with Gasteiger partial charge in [0.25, 0.3) is 0 Å². The molecule has 1 amide bonds. The lowest BCUT2D eigenvalue weighted by atomic mass is 9.93. The van der Waals surface area contributed by atoms with Crippen molar-refractivity contribution in [2.24, 2.45) is 0 Å². The summed E-state index contributed by atoms with van der Waals surface area (Å²) in [5.74, 6) is -0.406. The maximum Gasteiger partial charge on any atom is 0.250 e. The molecule has 2 unspecified atom stereocenters. The van der Waals surface area contributed by atoms with Gasteiger partial charge in [0.15, 0.2) is 0 Å². The van der Waals surface area contributed by atoms with Gasteiger partial charge < -0.3 is 15.0 Å². The maximum absolute atomic E-state index is 13.7. The Bertz CT molecular complexity index is 566. The molecule has 2 aliphatic heterocycles. The van der Waals surface area contributed by atoms with Crippen LogP contribution in [0.1, 0.15) is 13.3 Å².